The predicted molar refractivity (Wildman–Crippen MR) is 69.6 cm³/mol. The number of rotatable bonds is 2. The highest BCUT2D eigenvalue weighted by molar-refractivity contribution is 4.85. The van der Waals surface area contributed by atoms with E-state index in [1.165, 1.54) is 45.3 Å². The summed E-state index contributed by atoms with van der Waals surface area (Å²) in [5.41, 5.74) is 0. The van der Waals surface area contributed by atoms with Gasteiger partial charge in [0.15, 0.2) is 0 Å². The highest BCUT2D eigenvalue weighted by atomic mass is 15.2. The Bertz CT molecular complexity index is 199. The Morgan fingerprint density at radius 2 is 1.56 bits per heavy atom. The van der Waals surface area contributed by atoms with E-state index in [9.17, 15) is 0 Å². The number of piperidine rings is 2. The van der Waals surface area contributed by atoms with Crippen LogP contribution in [0.1, 0.15) is 46.5 Å². The van der Waals surface area contributed by atoms with Gasteiger partial charge in [0.05, 0.1) is 0 Å². The van der Waals surface area contributed by atoms with Crippen LogP contribution in [0.25, 0.3) is 0 Å². The maximum Gasteiger partial charge on any atom is 0.00724 e. The van der Waals surface area contributed by atoms with Gasteiger partial charge in [-0.15, -0.1) is 0 Å². The van der Waals surface area contributed by atoms with Crippen molar-refractivity contribution >= 4 is 0 Å². The smallest absolute Gasteiger partial charge is 0.00724 e. The van der Waals surface area contributed by atoms with E-state index in [4.69, 9.17) is 0 Å². The number of likely N-dealkylation sites (tertiary alicyclic amines) is 1. The third-order valence-corrected chi connectivity index (χ3v) is 4.55. The monoisotopic (exact) mass is 224 g/mol. The zero-order valence-corrected chi connectivity index (χ0v) is 11.2. The van der Waals surface area contributed by atoms with Gasteiger partial charge in [-0.25, -0.2) is 0 Å². The third-order valence-electron chi connectivity index (χ3n) is 4.55. The SMILES string of the molecule is CC1CC(C)N(CC2CCNCC2)C(C)C1. The molecular formula is C14H28N2. The van der Waals surface area contributed by atoms with Gasteiger partial charge in [0.2, 0.25) is 0 Å². The summed E-state index contributed by atoms with van der Waals surface area (Å²) < 4.78 is 0. The van der Waals surface area contributed by atoms with E-state index >= 15 is 0 Å². The van der Waals surface area contributed by atoms with Gasteiger partial charge >= 0.3 is 0 Å². The highest BCUT2D eigenvalue weighted by Gasteiger charge is 2.30. The van der Waals surface area contributed by atoms with Crippen molar-refractivity contribution in [2.24, 2.45) is 11.8 Å². The lowest BCUT2D eigenvalue weighted by Gasteiger charge is -2.44. The first-order valence-electron chi connectivity index (χ1n) is 7.13. The standard InChI is InChI=1S/C14H28N2/c1-11-8-12(2)16(13(3)9-11)10-14-4-6-15-7-5-14/h11-15H,4-10H2,1-3H3. The molecule has 2 fully saturated rings. The van der Waals surface area contributed by atoms with Crippen molar-refractivity contribution in [3.8, 4) is 0 Å². The molecule has 0 aromatic rings. The molecule has 0 radical (unpaired) electrons. The molecule has 0 spiro atoms. The molecule has 0 saturated carbocycles. The number of hydrogen-bond acceptors (Lipinski definition) is 2. The van der Waals surface area contributed by atoms with E-state index in [0.717, 1.165) is 23.9 Å². The van der Waals surface area contributed by atoms with Crippen molar-refractivity contribution in [2.75, 3.05) is 19.6 Å². The summed E-state index contributed by atoms with van der Waals surface area (Å²) in [5, 5.41) is 3.46. The van der Waals surface area contributed by atoms with Gasteiger partial charge in [-0.2, -0.15) is 0 Å². The number of nitrogens with one attached hydrogen (secondary N) is 1. The summed E-state index contributed by atoms with van der Waals surface area (Å²) in [4.78, 5) is 2.77. The summed E-state index contributed by atoms with van der Waals surface area (Å²) >= 11 is 0. The zero-order valence-electron chi connectivity index (χ0n) is 11.2. The summed E-state index contributed by atoms with van der Waals surface area (Å²) in [6.45, 7) is 11.1. The average molecular weight is 224 g/mol. The molecule has 2 heteroatoms. The summed E-state index contributed by atoms with van der Waals surface area (Å²) in [6, 6.07) is 1.60. The molecule has 2 unspecified atom stereocenters. The van der Waals surface area contributed by atoms with Gasteiger partial charge in [-0.3, -0.25) is 4.90 Å². The maximum absolute atomic E-state index is 3.46. The minimum Gasteiger partial charge on any atom is -0.317 e. The van der Waals surface area contributed by atoms with Crippen LogP contribution in [0.2, 0.25) is 0 Å². The molecule has 2 aliphatic heterocycles. The van der Waals surface area contributed by atoms with Gasteiger partial charge in [0.1, 0.15) is 0 Å². The molecule has 1 N–H and O–H groups in total. The van der Waals surface area contributed by atoms with E-state index in [1.807, 2.05) is 0 Å². The molecule has 16 heavy (non-hydrogen) atoms. The molecule has 2 heterocycles. The Kier molecular flexibility index (Phi) is 4.26. The molecule has 2 saturated heterocycles. The summed E-state index contributed by atoms with van der Waals surface area (Å²) in [5.74, 6) is 1.87. The lowest BCUT2D eigenvalue weighted by atomic mass is 9.86. The number of nitrogens with zero attached hydrogens (tertiary/aromatic N) is 1. The maximum atomic E-state index is 3.46. The Morgan fingerprint density at radius 1 is 1.00 bits per heavy atom. The van der Waals surface area contributed by atoms with Gasteiger partial charge in [0.25, 0.3) is 0 Å². The first-order valence-corrected chi connectivity index (χ1v) is 7.13. The van der Waals surface area contributed by atoms with Crippen molar-refractivity contribution in [3.63, 3.8) is 0 Å². The van der Waals surface area contributed by atoms with Crippen LogP contribution >= 0.6 is 0 Å². The van der Waals surface area contributed by atoms with Crippen LogP contribution in [0.4, 0.5) is 0 Å². The van der Waals surface area contributed by atoms with Gasteiger partial charge < -0.3 is 5.32 Å². The van der Waals surface area contributed by atoms with Gasteiger partial charge in [0, 0.05) is 18.6 Å². The number of hydrogen-bond donors (Lipinski definition) is 1. The second-order valence-electron chi connectivity index (χ2n) is 6.16. The topological polar surface area (TPSA) is 15.3 Å². The first-order chi connectivity index (χ1) is 7.66. The zero-order chi connectivity index (χ0) is 11.5. The molecule has 0 bridgehead atoms. The molecular weight excluding hydrogens is 196 g/mol. The molecule has 2 atom stereocenters. The average Bonchev–Trinajstić information content (AvgIpc) is 2.25. The quantitative estimate of drug-likeness (QED) is 0.775. The molecule has 2 aliphatic rings. The largest absolute Gasteiger partial charge is 0.317 e. The first kappa shape index (κ1) is 12.4. The molecule has 94 valence electrons. The second-order valence-corrected chi connectivity index (χ2v) is 6.16. The fraction of sp³-hybridized carbons (Fsp3) is 1.00. The van der Waals surface area contributed by atoms with E-state index in [-0.39, 0.29) is 0 Å². The Labute approximate surface area is 101 Å². The molecule has 2 rings (SSSR count). The molecule has 0 aliphatic carbocycles. The predicted octanol–water partition coefficient (Wildman–Crippen LogP) is 2.49. The summed E-state index contributed by atoms with van der Waals surface area (Å²) in [6.07, 6.45) is 5.56. The van der Waals surface area contributed by atoms with Crippen LogP contribution in [0.15, 0.2) is 0 Å². The Balaban J connectivity index is 1.86. The fourth-order valence-electron chi connectivity index (χ4n) is 3.69. The third kappa shape index (κ3) is 2.98. The fourth-order valence-corrected chi connectivity index (χ4v) is 3.69. The van der Waals surface area contributed by atoms with Crippen LogP contribution in [0.5, 0.6) is 0 Å². The van der Waals surface area contributed by atoms with Crippen molar-refractivity contribution in [1.29, 1.82) is 0 Å². The Morgan fingerprint density at radius 3 is 2.12 bits per heavy atom. The van der Waals surface area contributed by atoms with Gasteiger partial charge in [-0.1, -0.05) is 6.92 Å². The molecule has 0 amide bonds. The van der Waals surface area contributed by atoms with Crippen LogP contribution in [-0.4, -0.2) is 36.6 Å². The molecule has 2 nitrogen and oxygen atoms in total. The van der Waals surface area contributed by atoms with Gasteiger partial charge in [-0.05, 0) is 64.5 Å². The summed E-state index contributed by atoms with van der Waals surface area (Å²) in [7, 11) is 0. The van der Waals surface area contributed by atoms with E-state index in [1.54, 1.807) is 0 Å². The molecule has 0 aromatic heterocycles. The van der Waals surface area contributed by atoms with E-state index in [2.05, 4.69) is 31.0 Å². The second kappa shape index (κ2) is 5.50. The Hall–Kier alpha value is -0.0800. The van der Waals surface area contributed by atoms with Crippen molar-refractivity contribution in [2.45, 2.75) is 58.5 Å². The molecule has 0 aromatic carbocycles. The minimum atomic E-state index is 0.800. The van der Waals surface area contributed by atoms with E-state index < -0.39 is 0 Å². The normalized spacial score (nSPS) is 38.8. The van der Waals surface area contributed by atoms with Crippen LogP contribution < -0.4 is 5.32 Å². The van der Waals surface area contributed by atoms with Crippen molar-refractivity contribution in [3.05, 3.63) is 0 Å². The van der Waals surface area contributed by atoms with Crippen LogP contribution in [0, 0.1) is 11.8 Å². The van der Waals surface area contributed by atoms with Crippen molar-refractivity contribution < 1.29 is 0 Å². The van der Waals surface area contributed by atoms with E-state index in [0.29, 0.717) is 0 Å². The lowest BCUT2D eigenvalue weighted by molar-refractivity contribution is 0.0542. The minimum absolute atomic E-state index is 0.800. The van der Waals surface area contributed by atoms with Crippen LogP contribution in [0.3, 0.4) is 0 Å². The van der Waals surface area contributed by atoms with Crippen molar-refractivity contribution in [1.82, 2.24) is 10.2 Å². The lowest BCUT2D eigenvalue weighted by Crippen LogP contribution is -2.49. The van der Waals surface area contributed by atoms with Crippen LogP contribution in [-0.2, 0) is 0 Å². The highest BCUT2D eigenvalue weighted by Crippen LogP contribution is 2.29.